The van der Waals surface area contributed by atoms with Gasteiger partial charge in [-0.15, -0.1) is 0 Å². The van der Waals surface area contributed by atoms with Gasteiger partial charge in [-0.05, 0) is 82.0 Å². The number of imidazole rings is 1. The van der Waals surface area contributed by atoms with E-state index >= 15 is 0 Å². The van der Waals surface area contributed by atoms with Gasteiger partial charge in [0, 0.05) is 17.6 Å². The number of hydrogen-bond donors (Lipinski definition) is 1. The van der Waals surface area contributed by atoms with Crippen LogP contribution in [-0.4, -0.2) is 15.1 Å². The van der Waals surface area contributed by atoms with Gasteiger partial charge in [-0.1, -0.05) is 12.1 Å². The zero-order chi connectivity index (χ0) is 17.6. The highest BCUT2D eigenvalue weighted by atomic mass is 15.1. The summed E-state index contributed by atoms with van der Waals surface area (Å²) in [6.07, 6.45) is 0. The first-order valence-corrected chi connectivity index (χ1v) is 8.50. The lowest BCUT2D eigenvalue weighted by molar-refractivity contribution is 0.442. The number of nitrogens with two attached hydrogens (primary N) is 1. The van der Waals surface area contributed by atoms with E-state index in [2.05, 4.69) is 76.4 Å². The monoisotopic (exact) mass is 321 g/mol. The van der Waals surface area contributed by atoms with Crippen molar-refractivity contribution in [1.29, 1.82) is 0 Å². The molecule has 0 aliphatic carbocycles. The molecule has 2 aromatic carbocycles. The first kappa shape index (κ1) is 16.7. The average molecular weight is 321 g/mol. The maximum Gasteiger partial charge on any atom is 0.141 e. The van der Waals surface area contributed by atoms with Crippen molar-refractivity contribution < 1.29 is 0 Å². The summed E-state index contributed by atoms with van der Waals surface area (Å²) < 4.78 is 2.27. The molecule has 0 unspecified atom stereocenters. The van der Waals surface area contributed by atoms with E-state index in [0.717, 1.165) is 29.0 Å². The van der Waals surface area contributed by atoms with E-state index < -0.39 is 0 Å². The molecule has 126 valence electrons. The van der Waals surface area contributed by atoms with Crippen molar-refractivity contribution in [3.63, 3.8) is 0 Å². The van der Waals surface area contributed by atoms with Gasteiger partial charge in [0.05, 0.1) is 11.0 Å². The molecule has 1 aromatic heterocycles. The number of aryl methyl sites for hydroxylation is 4. The van der Waals surface area contributed by atoms with Gasteiger partial charge >= 0.3 is 0 Å². The molecule has 2 N–H and O–H groups in total. The second kappa shape index (κ2) is 5.75. The predicted molar refractivity (Wildman–Crippen MR) is 102 cm³/mol. The molecular formula is C21H27N3. The number of aromatic nitrogens is 2. The van der Waals surface area contributed by atoms with Crippen LogP contribution < -0.4 is 5.73 Å². The van der Waals surface area contributed by atoms with Crippen LogP contribution in [0.4, 0.5) is 0 Å². The molecule has 0 aliphatic heterocycles. The fraction of sp³-hybridized carbons (Fsp3) is 0.381. The Kier molecular flexibility index (Phi) is 4.00. The molecule has 24 heavy (non-hydrogen) atoms. The van der Waals surface area contributed by atoms with Gasteiger partial charge in [0.15, 0.2) is 0 Å². The molecule has 0 saturated heterocycles. The predicted octanol–water partition coefficient (Wildman–Crippen LogP) is 4.67. The molecule has 3 heteroatoms. The van der Waals surface area contributed by atoms with Crippen LogP contribution in [0.15, 0.2) is 30.3 Å². The highest BCUT2D eigenvalue weighted by Gasteiger charge is 2.19. The van der Waals surface area contributed by atoms with Crippen molar-refractivity contribution >= 4 is 11.0 Å². The maximum atomic E-state index is 6.34. The van der Waals surface area contributed by atoms with E-state index in [0.29, 0.717) is 0 Å². The molecule has 1 heterocycles. The normalized spacial score (nSPS) is 12.1. The Labute approximate surface area is 144 Å². The SMILES string of the molecule is Cc1ccc(-c2nc3cc(C)c(C)cc3n2CC(C)(C)N)cc1C. The summed E-state index contributed by atoms with van der Waals surface area (Å²) in [4.78, 5) is 4.95. The maximum absolute atomic E-state index is 6.34. The molecule has 0 radical (unpaired) electrons. The van der Waals surface area contributed by atoms with Crippen molar-refractivity contribution in [2.45, 2.75) is 53.6 Å². The second-order valence-electron chi connectivity index (χ2n) is 7.73. The fourth-order valence-corrected chi connectivity index (χ4v) is 3.05. The molecule has 0 bridgehead atoms. The molecular weight excluding hydrogens is 294 g/mol. The smallest absolute Gasteiger partial charge is 0.141 e. The number of rotatable bonds is 3. The zero-order valence-corrected chi connectivity index (χ0v) is 15.6. The van der Waals surface area contributed by atoms with Gasteiger partial charge < -0.3 is 10.3 Å². The standard InChI is InChI=1S/C21H27N3/c1-13-7-8-17(9-14(13)2)20-23-18-10-15(3)16(4)11-19(18)24(20)12-21(5,6)22/h7-11H,12,22H2,1-6H3. The Bertz CT molecular complexity index is 911. The summed E-state index contributed by atoms with van der Waals surface area (Å²) in [5.74, 6) is 0.997. The molecule has 0 atom stereocenters. The molecule has 0 amide bonds. The highest BCUT2D eigenvalue weighted by molar-refractivity contribution is 5.82. The van der Waals surface area contributed by atoms with Gasteiger partial charge in [-0.25, -0.2) is 4.98 Å². The quantitative estimate of drug-likeness (QED) is 0.761. The minimum atomic E-state index is -0.305. The number of nitrogens with zero attached hydrogens (tertiary/aromatic N) is 2. The average Bonchev–Trinajstić information content (AvgIpc) is 2.79. The lowest BCUT2D eigenvalue weighted by Crippen LogP contribution is -2.37. The van der Waals surface area contributed by atoms with Crippen molar-refractivity contribution in [2.24, 2.45) is 5.73 Å². The molecule has 3 rings (SSSR count). The van der Waals surface area contributed by atoms with E-state index in [4.69, 9.17) is 10.7 Å². The summed E-state index contributed by atoms with van der Waals surface area (Å²) in [6.45, 7) is 13.4. The molecule has 0 fully saturated rings. The molecule has 3 nitrogen and oxygen atoms in total. The van der Waals surface area contributed by atoms with Crippen LogP contribution >= 0.6 is 0 Å². The number of hydrogen-bond acceptors (Lipinski definition) is 2. The van der Waals surface area contributed by atoms with E-state index in [1.165, 1.54) is 22.3 Å². The first-order chi connectivity index (χ1) is 11.2. The van der Waals surface area contributed by atoms with Crippen LogP contribution in [0.25, 0.3) is 22.4 Å². The Morgan fingerprint density at radius 2 is 1.54 bits per heavy atom. The van der Waals surface area contributed by atoms with Crippen LogP contribution in [0, 0.1) is 27.7 Å². The van der Waals surface area contributed by atoms with Crippen LogP contribution in [0.2, 0.25) is 0 Å². The van der Waals surface area contributed by atoms with Gasteiger partial charge in [0.1, 0.15) is 5.82 Å². The Morgan fingerprint density at radius 1 is 0.917 bits per heavy atom. The van der Waals surface area contributed by atoms with Crippen LogP contribution in [-0.2, 0) is 6.54 Å². The Morgan fingerprint density at radius 3 is 2.17 bits per heavy atom. The third-order valence-corrected chi connectivity index (χ3v) is 4.69. The molecule has 0 saturated carbocycles. The molecule has 0 aliphatic rings. The summed E-state index contributed by atoms with van der Waals surface area (Å²) in [5.41, 5.74) is 14.5. The van der Waals surface area contributed by atoms with Gasteiger partial charge in [0.25, 0.3) is 0 Å². The summed E-state index contributed by atoms with van der Waals surface area (Å²) >= 11 is 0. The van der Waals surface area contributed by atoms with Crippen LogP contribution in [0.3, 0.4) is 0 Å². The Balaban J connectivity index is 2.29. The third kappa shape index (κ3) is 3.09. The minimum absolute atomic E-state index is 0.305. The highest BCUT2D eigenvalue weighted by Crippen LogP contribution is 2.29. The summed E-state index contributed by atoms with van der Waals surface area (Å²) in [7, 11) is 0. The summed E-state index contributed by atoms with van der Waals surface area (Å²) in [6, 6.07) is 10.9. The van der Waals surface area contributed by atoms with Gasteiger partial charge in [-0.2, -0.15) is 0 Å². The van der Waals surface area contributed by atoms with E-state index in [1.54, 1.807) is 0 Å². The van der Waals surface area contributed by atoms with Gasteiger partial charge in [0.2, 0.25) is 0 Å². The van der Waals surface area contributed by atoms with Crippen LogP contribution in [0.5, 0.6) is 0 Å². The van der Waals surface area contributed by atoms with Crippen molar-refractivity contribution in [2.75, 3.05) is 0 Å². The van der Waals surface area contributed by atoms with E-state index in [9.17, 15) is 0 Å². The number of benzene rings is 2. The zero-order valence-electron chi connectivity index (χ0n) is 15.6. The van der Waals surface area contributed by atoms with E-state index in [-0.39, 0.29) is 5.54 Å². The topological polar surface area (TPSA) is 43.8 Å². The third-order valence-electron chi connectivity index (χ3n) is 4.69. The minimum Gasteiger partial charge on any atom is -0.324 e. The van der Waals surface area contributed by atoms with Crippen LogP contribution in [0.1, 0.15) is 36.1 Å². The second-order valence-corrected chi connectivity index (χ2v) is 7.73. The van der Waals surface area contributed by atoms with E-state index in [1.807, 2.05) is 0 Å². The van der Waals surface area contributed by atoms with Gasteiger partial charge in [-0.3, -0.25) is 0 Å². The first-order valence-electron chi connectivity index (χ1n) is 8.50. The summed E-state index contributed by atoms with van der Waals surface area (Å²) in [5, 5.41) is 0. The lowest BCUT2D eigenvalue weighted by Gasteiger charge is -2.21. The fourth-order valence-electron chi connectivity index (χ4n) is 3.05. The molecule has 0 spiro atoms. The molecule has 3 aromatic rings. The largest absolute Gasteiger partial charge is 0.324 e. The lowest BCUT2D eigenvalue weighted by atomic mass is 10.0. The number of fused-ring (bicyclic) bond motifs is 1. The van der Waals surface area contributed by atoms with Crippen molar-refractivity contribution in [3.8, 4) is 11.4 Å². The van der Waals surface area contributed by atoms with Crippen molar-refractivity contribution in [1.82, 2.24) is 9.55 Å². The van der Waals surface area contributed by atoms with Crippen molar-refractivity contribution in [3.05, 3.63) is 52.6 Å². The Hall–Kier alpha value is -2.13.